The second-order valence-electron chi connectivity index (χ2n) is 5.95. The molecule has 0 unspecified atom stereocenters. The molecular formula is C18H19FO7. The van der Waals surface area contributed by atoms with E-state index >= 15 is 0 Å². The highest BCUT2D eigenvalue weighted by atomic mass is 19.1. The van der Waals surface area contributed by atoms with E-state index < -0.39 is 41.6 Å². The van der Waals surface area contributed by atoms with Crippen LogP contribution in [0.25, 0.3) is 6.08 Å². The number of cyclic esters (lactones) is 1. The van der Waals surface area contributed by atoms with Gasteiger partial charge in [-0.25, -0.2) is 9.18 Å². The van der Waals surface area contributed by atoms with Crippen LogP contribution < -0.4 is 0 Å². The predicted molar refractivity (Wildman–Crippen MR) is 89.1 cm³/mol. The zero-order chi connectivity index (χ0) is 19.4. The Bertz CT molecular complexity index is 769. The number of benzene rings is 1. The predicted octanol–water partition coefficient (Wildman–Crippen LogP) is 1.59. The molecule has 2 rings (SSSR count). The molecule has 0 saturated carbocycles. The Morgan fingerprint density at radius 1 is 1.15 bits per heavy atom. The quantitative estimate of drug-likeness (QED) is 0.514. The van der Waals surface area contributed by atoms with Crippen LogP contribution >= 0.6 is 0 Å². The minimum Gasteiger partial charge on any atom is -0.508 e. The smallest absolute Gasteiger partial charge is 0.342 e. The van der Waals surface area contributed by atoms with E-state index in [1.807, 2.05) is 0 Å². The topological polar surface area (TPSA) is 124 Å². The van der Waals surface area contributed by atoms with Crippen molar-refractivity contribution in [1.82, 2.24) is 0 Å². The summed E-state index contributed by atoms with van der Waals surface area (Å²) in [5.41, 5.74) is -0.0926. The summed E-state index contributed by atoms with van der Waals surface area (Å²) in [5, 5.41) is 39.1. The zero-order valence-electron chi connectivity index (χ0n) is 13.9. The van der Waals surface area contributed by atoms with Crippen molar-refractivity contribution in [3.8, 4) is 11.5 Å². The molecule has 1 aliphatic heterocycles. The number of aromatic hydroxyl groups is 2. The zero-order valence-corrected chi connectivity index (χ0v) is 13.9. The van der Waals surface area contributed by atoms with Gasteiger partial charge in [0.2, 0.25) is 5.78 Å². The molecule has 0 aromatic heterocycles. The Balaban J connectivity index is 2.46. The van der Waals surface area contributed by atoms with Gasteiger partial charge < -0.3 is 25.2 Å². The number of Topliss-reactive ketones (excluding diaryl/α,β-unsaturated/α-hetero) is 1. The molecule has 1 heterocycles. The number of phenolic OH excluding ortho intramolecular Hbond substituents is 2. The first kappa shape index (κ1) is 19.6. The molecule has 0 saturated heterocycles. The van der Waals surface area contributed by atoms with Crippen molar-refractivity contribution in [2.24, 2.45) is 0 Å². The van der Waals surface area contributed by atoms with Crippen LogP contribution in [-0.4, -0.2) is 50.5 Å². The molecule has 4 N–H and O–H groups in total. The lowest BCUT2D eigenvalue weighted by Crippen LogP contribution is -2.34. The van der Waals surface area contributed by atoms with Gasteiger partial charge in [0, 0.05) is 12.5 Å². The number of fused-ring (bicyclic) bond motifs is 1. The van der Waals surface area contributed by atoms with Crippen molar-refractivity contribution in [2.45, 2.75) is 38.1 Å². The third kappa shape index (κ3) is 4.47. The maximum Gasteiger partial charge on any atom is 0.342 e. The number of carbonyl (C=O) groups is 2. The second kappa shape index (κ2) is 8.11. The van der Waals surface area contributed by atoms with Crippen molar-refractivity contribution in [1.29, 1.82) is 0 Å². The molecule has 26 heavy (non-hydrogen) atoms. The highest BCUT2D eigenvalue weighted by Gasteiger charge is 2.27. The molecule has 1 aromatic carbocycles. The van der Waals surface area contributed by atoms with Gasteiger partial charge in [0.05, 0.1) is 6.10 Å². The number of esters is 1. The van der Waals surface area contributed by atoms with E-state index in [-0.39, 0.29) is 29.7 Å². The Labute approximate surface area is 148 Å². The van der Waals surface area contributed by atoms with E-state index in [0.29, 0.717) is 0 Å². The SMILES string of the molecule is C[C@H]1C/C=C(/F)C(=O)[C@@H](O)[C@@H](O)C/C=C/c2cc(O)cc(O)c2C(=O)O1. The third-order valence-corrected chi connectivity index (χ3v) is 3.82. The van der Waals surface area contributed by atoms with E-state index in [1.165, 1.54) is 25.1 Å². The fourth-order valence-electron chi connectivity index (χ4n) is 2.43. The monoisotopic (exact) mass is 366 g/mol. The maximum atomic E-state index is 13.8. The average molecular weight is 366 g/mol. The number of hydrogen-bond donors (Lipinski definition) is 4. The molecular weight excluding hydrogens is 347 g/mol. The lowest BCUT2D eigenvalue weighted by Gasteiger charge is -2.17. The minimum atomic E-state index is -1.95. The number of halogens is 1. The van der Waals surface area contributed by atoms with Gasteiger partial charge in [0.1, 0.15) is 29.3 Å². The number of aliphatic hydroxyl groups is 2. The lowest BCUT2D eigenvalue weighted by atomic mass is 10.0. The van der Waals surface area contributed by atoms with E-state index in [9.17, 15) is 34.4 Å². The van der Waals surface area contributed by atoms with Crippen molar-refractivity contribution >= 4 is 17.8 Å². The van der Waals surface area contributed by atoms with E-state index in [2.05, 4.69) is 0 Å². The van der Waals surface area contributed by atoms with Crippen LogP contribution in [0.1, 0.15) is 35.7 Å². The minimum absolute atomic E-state index is 0.117. The van der Waals surface area contributed by atoms with E-state index in [1.54, 1.807) is 0 Å². The number of aliphatic hydroxyl groups excluding tert-OH is 2. The molecule has 7 nitrogen and oxygen atoms in total. The Morgan fingerprint density at radius 3 is 2.54 bits per heavy atom. The van der Waals surface area contributed by atoms with Gasteiger partial charge in [-0.15, -0.1) is 0 Å². The van der Waals surface area contributed by atoms with Gasteiger partial charge in [-0.05, 0) is 31.1 Å². The van der Waals surface area contributed by atoms with Crippen LogP contribution in [0.3, 0.4) is 0 Å². The van der Waals surface area contributed by atoms with E-state index in [4.69, 9.17) is 4.74 Å². The Hall–Kier alpha value is -2.71. The third-order valence-electron chi connectivity index (χ3n) is 3.82. The second-order valence-corrected chi connectivity index (χ2v) is 5.95. The number of carbonyl (C=O) groups excluding carboxylic acids is 2. The molecule has 3 atom stereocenters. The van der Waals surface area contributed by atoms with Crippen molar-refractivity contribution in [3.63, 3.8) is 0 Å². The number of rotatable bonds is 0. The van der Waals surface area contributed by atoms with Crippen LogP contribution in [0.5, 0.6) is 11.5 Å². The summed E-state index contributed by atoms with van der Waals surface area (Å²) in [6.45, 7) is 1.45. The molecule has 0 fully saturated rings. The number of hydrogen-bond acceptors (Lipinski definition) is 7. The summed E-state index contributed by atoms with van der Waals surface area (Å²) in [5.74, 6) is -4.21. The normalized spacial score (nSPS) is 28.3. The van der Waals surface area contributed by atoms with Gasteiger partial charge in [0.15, 0.2) is 5.83 Å². The van der Waals surface area contributed by atoms with Crippen LogP contribution in [-0.2, 0) is 9.53 Å². The van der Waals surface area contributed by atoms with Gasteiger partial charge >= 0.3 is 5.97 Å². The fourth-order valence-corrected chi connectivity index (χ4v) is 2.43. The Morgan fingerprint density at radius 2 is 1.85 bits per heavy atom. The molecule has 140 valence electrons. The summed E-state index contributed by atoms with van der Waals surface area (Å²) >= 11 is 0. The highest BCUT2D eigenvalue weighted by Crippen LogP contribution is 2.30. The van der Waals surface area contributed by atoms with Crippen molar-refractivity contribution in [2.75, 3.05) is 0 Å². The molecule has 8 heteroatoms. The summed E-state index contributed by atoms with van der Waals surface area (Å²) in [6, 6.07) is 2.18. The molecule has 1 aromatic rings. The van der Waals surface area contributed by atoms with Crippen LogP contribution in [0.2, 0.25) is 0 Å². The Kier molecular flexibility index (Phi) is 6.12. The first-order chi connectivity index (χ1) is 12.2. The molecule has 0 bridgehead atoms. The van der Waals surface area contributed by atoms with Gasteiger partial charge in [-0.3, -0.25) is 4.79 Å². The fraction of sp³-hybridized carbons (Fsp3) is 0.333. The van der Waals surface area contributed by atoms with Gasteiger partial charge in [0.25, 0.3) is 0 Å². The van der Waals surface area contributed by atoms with Gasteiger partial charge in [-0.1, -0.05) is 12.2 Å². The van der Waals surface area contributed by atoms with Crippen molar-refractivity contribution < 1.29 is 39.1 Å². The van der Waals surface area contributed by atoms with Crippen LogP contribution in [0, 0.1) is 0 Å². The molecule has 0 spiro atoms. The number of phenols is 2. The summed E-state index contributed by atoms with van der Waals surface area (Å²) < 4.78 is 18.9. The summed E-state index contributed by atoms with van der Waals surface area (Å²) in [7, 11) is 0. The maximum absolute atomic E-state index is 13.8. The van der Waals surface area contributed by atoms with Crippen LogP contribution in [0.4, 0.5) is 4.39 Å². The van der Waals surface area contributed by atoms with Crippen LogP contribution in [0.15, 0.2) is 30.1 Å². The van der Waals surface area contributed by atoms with Gasteiger partial charge in [-0.2, -0.15) is 0 Å². The molecule has 0 amide bonds. The summed E-state index contributed by atoms with van der Waals surface area (Å²) in [6.07, 6.45) is -1.28. The van der Waals surface area contributed by atoms with Crippen molar-refractivity contribution in [3.05, 3.63) is 41.2 Å². The summed E-state index contributed by atoms with van der Waals surface area (Å²) in [4.78, 5) is 24.0. The first-order valence-electron chi connectivity index (χ1n) is 7.90. The highest BCUT2D eigenvalue weighted by molar-refractivity contribution is 5.98. The largest absolute Gasteiger partial charge is 0.508 e. The molecule has 0 radical (unpaired) electrons. The molecule has 0 aliphatic carbocycles. The number of ether oxygens (including phenoxy) is 1. The van der Waals surface area contributed by atoms with E-state index in [0.717, 1.165) is 12.1 Å². The standard InChI is InChI=1S/C18H19FO7/c1-9-5-6-12(19)16(23)17(24)13(21)4-2-3-10-7-11(20)8-14(22)15(10)18(25)26-9/h2-3,6-9,13,17,20-22,24H,4-5H2,1H3/b3-2+,12-6+/t9-,13-,17-/m0/s1. The molecule has 1 aliphatic rings. The average Bonchev–Trinajstić information content (AvgIpc) is 2.56. The number of ketones is 1. The first-order valence-corrected chi connectivity index (χ1v) is 7.90. The lowest BCUT2D eigenvalue weighted by molar-refractivity contribution is -0.130.